The molecule has 3 atom stereocenters. The lowest BCUT2D eigenvalue weighted by Gasteiger charge is -2.26. The Morgan fingerprint density at radius 3 is 2.96 bits per heavy atom. The van der Waals surface area contributed by atoms with Gasteiger partial charge < -0.3 is 15.2 Å². The highest BCUT2D eigenvalue weighted by Crippen LogP contribution is 2.37. The third-order valence-corrected chi connectivity index (χ3v) is 5.40. The molecule has 0 unspecified atom stereocenters. The van der Waals surface area contributed by atoms with Gasteiger partial charge >= 0.3 is 6.09 Å². The number of amides is 2. The van der Waals surface area contributed by atoms with Crippen molar-refractivity contribution in [2.24, 2.45) is 0 Å². The fraction of sp³-hybridized carbons (Fsp3) is 0.500. The summed E-state index contributed by atoms with van der Waals surface area (Å²) < 4.78 is 19.5. The Labute approximate surface area is 143 Å². The van der Waals surface area contributed by atoms with Crippen LogP contribution in [0.4, 0.5) is 14.9 Å². The zero-order chi connectivity index (χ0) is 17.3. The van der Waals surface area contributed by atoms with Gasteiger partial charge in [-0.2, -0.15) is 0 Å². The minimum atomic E-state index is -0.893. The Kier molecular flexibility index (Phi) is 4.96. The molecule has 8 heteroatoms. The second-order valence-corrected chi connectivity index (χ2v) is 7.14. The number of benzene rings is 1. The molecule has 0 spiro atoms. The van der Waals surface area contributed by atoms with Gasteiger partial charge in [0.15, 0.2) is 6.10 Å². The molecule has 6 nitrogen and oxygen atoms in total. The summed E-state index contributed by atoms with van der Waals surface area (Å²) in [4.78, 5) is 24.7. The number of nitrogens with zero attached hydrogens (tertiary/aromatic N) is 1. The molecule has 2 aliphatic rings. The van der Waals surface area contributed by atoms with Crippen LogP contribution in [0.25, 0.3) is 0 Å². The molecule has 2 amide bonds. The van der Waals surface area contributed by atoms with Crippen LogP contribution >= 0.6 is 11.8 Å². The monoisotopic (exact) mass is 354 g/mol. The number of carbonyl (C=O) groups is 2. The lowest BCUT2D eigenvalue weighted by molar-refractivity contribution is -0.127. The Morgan fingerprint density at radius 2 is 2.29 bits per heavy atom. The van der Waals surface area contributed by atoms with Crippen LogP contribution in [0, 0.1) is 5.82 Å². The van der Waals surface area contributed by atoms with Crippen molar-refractivity contribution in [2.75, 3.05) is 24.2 Å². The smallest absolute Gasteiger partial charge is 0.415 e. The quantitative estimate of drug-likeness (QED) is 0.866. The van der Waals surface area contributed by atoms with Crippen molar-refractivity contribution in [1.29, 1.82) is 0 Å². The van der Waals surface area contributed by atoms with E-state index in [2.05, 4.69) is 5.32 Å². The highest BCUT2D eigenvalue weighted by Gasteiger charge is 2.37. The number of hydrogen-bond donors (Lipinski definition) is 2. The molecule has 2 N–H and O–H groups in total. The summed E-state index contributed by atoms with van der Waals surface area (Å²) in [6, 6.07) is 4.59. The summed E-state index contributed by atoms with van der Waals surface area (Å²) in [5.74, 6) is -0.0388. The van der Waals surface area contributed by atoms with E-state index in [0.29, 0.717) is 17.7 Å². The van der Waals surface area contributed by atoms with Gasteiger partial charge in [-0.1, -0.05) is 6.07 Å². The number of nitrogens with one attached hydrogen (secondary N) is 1. The molecule has 2 saturated heterocycles. The fourth-order valence-electron chi connectivity index (χ4n) is 3.04. The van der Waals surface area contributed by atoms with Crippen LogP contribution in [0.3, 0.4) is 0 Å². The van der Waals surface area contributed by atoms with Gasteiger partial charge in [-0.3, -0.25) is 9.69 Å². The summed E-state index contributed by atoms with van der Waals surface area (Å²) in [7, 11) is 1.46. The fourth-order valence-corrected chi connectivity index (χ4v) is 4.11. The summed E-state index contributed by atoms with van der Waals surface area (Å²) in [6.45, 7) is 0.0517. The van der Waals surface area contributed by atoms with Crippen molar-refractivity contribution >= 4 is 29.4 Å². The first-order valence-electron chi connectivity index (χ1n) is 7.78. The number of ether oxygens (including phenoxy) is 1. The summed E-state index contributed by atoms with van der Waals surface area (Å²) >= 11 is 1.48. The van der Waals surface area contributed by atoms with Crippen LogP contribution in [0.5, 0.6) is 0 Å². The lowest BCUT2D eigenvalue weighted by atomic mass is 9.92. The summed E-state index contributed by atoms with van der Waals surface area (Å²) in [5, 5.41) is 12.2. The van der Waals surface area contributed by atoms with Crippen LogP contribution in [0.15, 0.2) is 18.2 Å². The zero-order valence-corrected chi connectivity index (χ0v) is 14.0. The Morgan fingerprint density at radius 1 is 1.50 bits per heavy atom. The van der Waals surface area contributed by atoms with Gasteiger partial charge in [0.25, 0.3) is 5.91 Å². The van der Waals surface area contributed by atoms with Gasteiger partial charge in [-0.15, -0.1) is 11.8 Å². The highest BCUT2D eigenvalue weighted by atomic mass is 32.2. The first-order chi connectivity index (χ1) is 11.5. The normalized spacial score (nSPS) is 27.0. The van der Waals surface area contributed by atoms with E-state index >= 15 is 0 Å². The molecule has 0 aromatic heterocycles. The van der Waals surface area contributed by atoms with Crippen LogP contribution < -0.4 is 10.2 Å². The second-order valence-electron chi connectivity index (χ2n) is 5.85. The first kappa shape index (κ1) is 17.0. The average molecular weight is 354 g/mol. The topological polar surface area (TPSA) is 78.9 Å². The molecule has 0 saturated carbocycles. The van der Waals surface area contributed by atoms with Crippen molar-refractivity contribution in [1.82, 2.24) is 5.32 Å². The molecule has 3 rings (SSSR count). The van der Waals surface area contributed by atoms with Crippen molar-refractivity contribution in [3.8, 4) is 0 Å². The number of cyclic esters (lactones) is 1. The van der Waals surface area contributed by atoms with Crippen LogP contribution in [0.2, 0.25) is 0 Å². The van der Waals surface area contributed by atoms with Gasteiger partial charge in [0.1, 0.15) is 5.82 Å². The van der Waals surface area contributed by atoms with Crippen LogP contribution in [-0.4, -0.2) is 48.0 Å². The molecule has 0 bridgehead atoms. The number of aliphatic hydroxyl groups excluding tert-OH is 1. The third-order valence-electron chi connectivity index (χ3n) is 4.35. The van der Waals surface area contributed by atoms with E-state index in [1.165, 1.54) is 29.8 Å². The number of thioether (sulfide) groups is 1. The molecule has 1 aromatic rings. The maximum Gasteiger partial charge on any atom is 0.415 e. The molecule has 2 heterocycles. The Bertz CT molecular complexity index is 657. The van der Waals surface area contributed by atoms with E-state index in [9.17, 15) is 19.1 Å². The zero-order valence-electron chi connectivity index (χ0n) is 13.2. The molecule has 130 valence electrons. The van der Waals surface area contributed by atoms with Crippen LogP contribution in [-0.2, 0) is 9.53 Å². The van der Waals surface area contributed by atoms with E-state index in [1.807, 2.05) is 0 Å². The molecular weight excluding hydrogens is 335 g/mol. The van der Waals surface area contributed by atoms with Crippen molar-refractivity contribution in [3.05, 3.63) is 29.6 Å². The standard InChI is InChI=1S/C16H19FN2O4S/c1-18-15(21)13-8-19(16(22)23-13)10-2-3-11(12(17)7-10)9-4-5-24-14(20)6-9/h2-3,7,9,13-14,20H,4-6,8H2,1H3,(H,18,21)/t9-,13-,14-/m1/s1. The van der Waals surface area contributed by atoms with Crippen molar-refractivity contribution in [2.45, 2.75) is 30.3 Å². The van der Waals surface area contributed by atoms with E-state index in [-0.39, 0.29) is 12.5 Å². The summed E-state index contributed by atoms with van der Waals surface area (Å²) in [5.41, 5.74) is 0.441. The minimum Gasteiger partial charge on any atom is -0.434 e. The minimum absolute atomic E-state index is 0.0283. The maximum atomic E-state index is 14.5. The molecule has 1 aromatic carbocycles. The van der Waals surface area contributed by atoms with E-state index in [1.54, 1.807) is 12.1 Å². The molecule has 2 aliphatic heterocycles. The van der Waals surface area contributed by atoms with E-state index in [0.717, 1.165) is 12.2 Å². The lowest BCUT2D eigenvalue weighted by Crippen LogP contribution is -2.35. The van der Waals surface area contributed by atoms with Gasteiger partial charge in [0.05, 0.1) is 17.7 Å². The Hall–Kier alpha value is -1.80. The molecule has 0 radical (unpaired) electrons. The number of carbonyl (C=O) groups excluding carboxylic acids is 2. The third kappa shape index (κ3) is 3.34. The van der Waals surface area contributed by atoms with Gasteiger partial charge in [0, 0.05) is 7.05 Å². The van der Waals surface area contributed by atoms with Crippen LogP contribution in [0.1, 0.15) is 24.3 Å². The number of halogens is 1. The predicted molar refractivity (Wildman–Crippen MR) is 88.5 cm³/mol. The number of anilines is 1. The molecule has 0 aliphatic carbocycles. The Balaban J connectivity index is 1.77. The largest absolute Gasteiger partial charge is 0.434 e. The first-order valence-corrected chi connectivity index (χ1v) is 8.83. The number of aliphatic hydroxyl groups is 1. The van der Waals surface area contributed by atoms with Gasteiger partial charge in [0.2, 0.25) is 0 Å². The highest BCUT2D eigenvalue weighted by molar-refractivity contribution is 7.99. The molecular formula is C16H19FN2O4S. The predicted octanol–water partition coefficient (Wildman–Crippen LogP) is 1.83. The van der Waals surface area contributed by atoms with Crippen molar-refractivity contribution in [3.63, 3.8) is 0 Å². The molecule has 2 fully saturated rings. The molecule has 24 heavy (non-hydrogen) atoms. The van der Waals surface area contributed by atoms with E-state index < -0.39 is 29.4 Å². The number of rotatable bonds is 3. The van der Waals surface area contributed by atoms with Crippen molar-refractivity contribution < 1.29 is 23.8 Å². The second kappa shape index (κ2) is 6.98. The van der Waals surface area contributed by atoms with Gasteiger partial charge in [-0.25, -0.2) is 9.18 Å². The maximum absolute atomic E-state index is 14.5. The van der Waals surface area contributed by atoms with Gasteiger partial charge in [-0.05, 0) is 42.2 Å². The summed E-state index contributed by atoms with van der Waals surface area (Å²) in [6.07, 6.45) is -0.232. The average Bonchev–Trinajstić information content (AvgIpc) is 2.96. The SMILES string of the molecule is CNC(=O)[C@H]1CN(c2ccc([C@@H]3CCS[C@@H](O)C3)c(F)c2)C(=O)O1. The number of hydrogen-bond acceptors (Lipinski definition) is 5. The van der Waals surface area contributed by atoms with E-state index in [4.69, 9.17) is 4.74 Å². The number of likely N-dealkylation sites (N-methyl/N-ethyl adjacent to an activating group) is 1.